The van der Waals surface area contributed by atoms with E-state index in [4.69, 9.17) is 71.5 Å². The molecule has 0 aromatic heterocycles. The highest BCUT2D eigenvalue weighted by Crippen LogP contribution is 2.34. The molecule has 0 aliphatic rings. The largest absolute Gasteiger partial charge is 0.643 e. The number of aromatic hydroxyl groups is 2. The molecule has 0 aliphatic heterocycles. The third kappa shape index (κ3) is 21.3. The smallest absolute Gasteiger partial charge is 0.508 e. The Hall–Kier alpha value is -0.268. The van der Waals surface area contributed by atoms with Crippen molar-refractivity contribution in [2.75, 3.05) is 0 Å². The summed E-state index contributed by atoms with van der Waals surface area (Å²) in [5, 5.41) is 18.8. The molecule has 0 amide bonds. The van der Waals surface area contributed by atoms with Gasteiger partial charge in [-0.05, 0) is 60.7 Å². The zero-order valence-electron chi connectivity index (χ0n) is 35.1. The average Bonchev–Trinajstić information content (AvgIpc) is 2.85. The molecule has 2 nitrogen and oxygen atoms in total. The monoisotopic (exact) mass is 542 g/mol. The van der Waals surface area contributed by atoms with E-state index in [-0.39, 0.29) is 11.1 Å². The number of hydrogen-bond acceptors (Lipinski definition) is 2. The van der Waals surface area contributed by atoms with Crippen LogP contribution in [0.2, 0.25) is 0 Å². The Bertz CT molecular complexity index is 1250. The van der Waals surface area contributed by atoms with E-state index < -0.39 is 73.9 Å². The normalized spacial score (nSPS) is 22.0. The molecule has 31 heavy (non-hydrogen) atoms. The number of rotatable bonds is 0. The Morgan fingerprint density at radius 3 is 1.58 bits per heavy atom. The van der Waals surface area contributed by atoms with Gasteiger partial charge in [-0.25, -0.2) is 30.1 Å². The van der Waals surface area contributed by atoms with Crippen molar-refractivity contribution in [3.8, 4) is 11.5 Å². The first-order chi connectivity index (χ1) is 21.2. The Morgan fingerprint density at radius 1 is 0.774 bits per heavy atom. The summed E-state index contributed by atoms with van der Waals surface area (Å²) < 4.78 is 131. The third-order valence-corrected chi connectivity index (χ3v) is 3.01. The zero-order valence-corrected chi connectivity index (χ0v) is 21.3. The molecular weight excluding hydrogens is 489 g/mol. The molecule has 7 heteroatoms. The molecule has 0 heterocycles. The Morgan fingerprint density at radius 2 is 1.26 bits per heavy atom. The van der Waals surface area contributed by atoms with Gasteiger partial charge in [0.15, 0.2) is 0 Å². The topological polar surface area (TPSA) is 40.5 Å². The number of benzene rings is 2. The Balaban J connectivity index is 0. The number of halogens is 4. The van der Waals surface area contributed by atoms with Gasteiger partial charge >= 0.3 is 11.4 Å². The van der Waals surface area contributed by atoms with E-state index in [1.807, 2.05) is 6.07 Å². The summed E-state index contributed by atoms with van der Waals surface area (Å²) in [5.74, 6) is -0.169. The van der Waals surface area contributed by atoms with Crippen LogP contribution in [0.3, 0.4) is 0 Å². The first-order valence-corrected chi connectivity index (χ1v) is 14.1. The van der Waals surface area contributed by atoms with Gasteiger partial charge in [0, 0.05) is 29.5 Å². The van der Waals surface area contributed by atoms with E-state index in [1.165, 1.54) is 26.0 Å². The highest BCUT2D eigenvalue weighted by molar-refractivity contribution is 7.54. The lowest BCUT2D eigenvalue weighted by atomic mass is 9.80. The maximum absolute atomic E-state index is 10.1. The van der Waals surface area contributed by atoms with Crippen molar-refractivity contribution >= 4 is 53.1 Å². The predicted molar refractivity (Wildman–Crippen MR) is 143 cm³/mol. The summed E-state index contributed by atoms with van der Waals surface area (Å²) >= 11 is 3.56. The van der Waals surface area contributed by atoms with Crippen LogP contribution in [0.5, 0.6) is 11.5 Å². The van der Waals surface area contributed by atoms with Crippen molar-refractivity contribution in [1.82, 2.24) is 0 Å². The molecule has 0 unspecified atom stereocenters. The second-order valence-corrected chi connectivity index (χ2v) is 13.7. The maximum Gasteiger partial charge on any atom is 0.643 e. The fourth-order valence-corrected chi connectivity index (χ4v) is 1.75. The lowest BCUT2D eigenvalue weighted by Gasteiger charge is -2.25. The lowest BCUT2D eigenvalue weighted by molar-refractivity contribution is 0.444. The van der Waals surface area contributed by atoms with Crippen molar-refractivity contribution in [1.29, 1.82) is 0 Å². The number of alkyl halides is 1. The van der Waals surface area contributed by atoms with E-state index in [9.17, 15) is 5.11 Å². The fraction of sp³-hybridized carbons (Fsp3) is 0.500. The molecule has 0 spiro atoms. The van der Waals surface area contributed by atoms with Crippen molar-refractivity contribution < 1.29 is 34.9 Å². The van der Waals surface area contributed by atoms with Gasteiger partial charge in [-0.1, -0.05) is 71.7 Å². The molecular formula is C24H37AlCl4O2. The van der Waals surface area contributed by atoms with Crippen LogP contribution in [-0.4, -0.2) is 26.5 Å². The van der Waals surface area contributed by atoms with E-state index in [0.717, 1.165) is 13.0 Å². The number of phenols is 2. The van der Waals surface area contributed by atoms with Crippen LogP contribution in [0.1, 0.15) is 97.7 Å². The SMILES string of the molecule is Oc1ccccc1.[2H]C([2H])([2H])C(C)(C)c1ccc(O)c(C(C)(C([2H])([2H])[2H])C([2H])([2H])[2H])c1.[2H]C([2H])([2H])C(Cl)(C([2H])([2H])[2H])C([2H])([2H])[2H].[Cl][Al]([Cl])[Cl]. The summed E-state index contributed by atoms with van der Waals surface area (Å²) in [5.41, 5.74) is -3.77. The highest BCUT2D eigenvalue weighted by atomic mass is 35.8. The van der Waals surface area contributed by atoms with E-state index in [0.29, 0.717) is 5.75 Å². The molecule has 0 bridgehead atoms. The quantitative estimate of drug-likeness (QED) is 0.257. The molecule has 0 atom stereocenters. The van der Waals surface area contributed by atoms with Gasteiger partial charge in [-0.3, -0.25) is 0 Å². The Labute approximate surface area is 236 Å². The molecule has 176 valence electrons. The van der Waals surface area contributed by atoms with Crippen molar-refractivity contribution in [3.05, 3.63) is 59.7 Å². The minimum absolute atomic E-state index is 0.232. The third-order valence-electron chi connectivity index (χ3n) is 3.01. The Kier molecular flexibility index (Phi) is 5.94. The summed E-state index contributed by atoms with van der Waals surface area (Å²) in [6, 6.07) is 12.4. The number of phenolic OH excluding ortho intramolecular Hbond substituents is 2. The molecule has 2 aromatic rings. The predicted octanol–water partition coefficient (Wildman–Crippen LogP) is 9.09. The summed E-state index contributed by atoms with van der Waals surface area (Å²) in [4.78, 5) is -3.22. The van der Waals surface area contributed by atoms with Crippen LogP contribution in [0.25, 0.3) is 0 Å². The second-order valence-electron chi connectivity index (χ2n) is 6.72. The lowest BCUT2D eigenvalue weighted by Crippen LogP contribution is -2.16. The van der Waals surface area contributed by atoms with Crippen LogP contribution >= 0.6 is 41.7 Å². The van der Waals surface area contributed by atoms with Gasteiger partial charge in [0.05, 0.1) is 0 Å². The average molecular weight is 544 g/mol. The molecule has 0 radical (unpaired) electrons. The minimum Gasteiger partial charge on any atom is -0.508 e. The van der Waals surface area contributed by atoms with Crippen LogP contribution in [0.4, 0.5) is 0 Å². The number of hydrogen-bond donors (Lipinski definition) is 2. The van der Waals surface area contributed by atoms with Gasteiger partial charge in [-0.2, -0.15) is 0 Å². The molecule has 0 fully saturated rings. The first-order valence-electron chi connectivity index (χ1n) is 17.4. The first kappa shape index (κ1) is 12.4. The van der Waals surface area contributed by atoms with E-state index >= 15 is 0 Å². The standard InChI is InChI=1S/C14H22O.C6H6O.C4H9Cl.Al.3ClH/c1-13(2,3)10-7-8-12(15)11(9-10)14(4,5)6;7-6-4-2-1-3-5-6;1-4(2,3)5;;;;/h7-9,15H,1-6H3;1-5,7H;1-3H3;;3*1H/q;;;+3;;;/p-3/i1D3,4D3,5D3;;1D3,2D3,3D3;;;;. The zero-order chi connectivity index (χ0) is 40.0. The molecule has 0 aliphatic carbocycles. The second kappa shape index (κ2) is 14.8. The molecule has 0 saturated carbocycles. The highest BCUT2D eigenvalue weighted by Gasteiger charge is 2.21. The molecule has 2 N–H and O–H groups in total. The number of para-hydroxylation sites is 1. The van der Waals surface area contributed by atoms with Gasteiger partial charge in [0.25, 0.3) is 0 Å². The van der Waals surface area contributed by atoms with E-state index in [2.05, 4.69) is 0 Å². The maximum atomic E-state index is 10.1. The van der Waals surface area contributed by atoms with Gasteiger partial charge < -0.3 is 10.2 Å². The van der Waals surface area contributed by atoms with Crippen LogP contribution in [0, 0.1) is 0 Å². The summed E-state index contributed by atoms with van der Waals surface area (Å²) in [6.45, 7) is -14.2. The molecule has 0 saturated heterocycles. The van der Waals surface area contributed by atoms with Gasteiger partial charge in [0.2, 0.25) is 0 Å². The van der Waals surface area contributed by atoms with Crippen molar-refractivity contribution in [2.45, 2.75) is 77.6 Å². The molecule has 2 rings (SSSR count). The van der Waals surface area contributed by atoms with Crippen LogP contribution in [0.15, 0.2) is 48.5 Å². The van der Waals surface area contributed by atoms with Gasteiger partial charge in [0.1, 0.15) is 11.5 Å². The minimum atomic E-state index is -3.29. The summed E-state index contributed by atoms with van der Waals surface area (Å²) in [6.07, 6.45) is 0. The van der Waals surface area contributed by atoms with E-state index in [1.54, 1.807) is 24.3 Å². The molecule has 2 aromatic carbocycles. The summed E-state index contributed by atoms with van der Waals surface area (Å²) in [7, 11) is 14.8. The van der Waals surface area contributed by atoms with Crippen molar-refractivity contribution in [3.63, 3.8) is 0 Å². The van der Waals surface area contributed by atoms with Gasteiger partial charge in [-0.15, -0.1) is 11.6 Å². The van der Waals surface area contributed by atoms with Crippen molar-refractivity contribution in [2.24, 2.45) is 0 Å². The van der Waals surface area contributed by atoms with Crippen LogP contribution < -0.4 is 0 Å². The van der Waals surface area contributed by atoms with Crippen LogP contribution in [-0.2, 0) is 10.8 Å². The fourth-order valence-electron chi connectivity index (χ4n) is 1.75.